The molecule has 0 radical (unpaired) electrons. The second-order valence-electron chi connectivity index (χ2n) is 4.55. The Kier molecular flexibility index (Phi) is 4.43. The standard InChI is InChI=1S/C11H16N2O5S2/c1-17-9(14)8-10(19-7-12-8)20(15,16)13-6-11(18-2)4-3-5-11/h7,13H,3-6H2,1-2H3. The third-order valence-electron chi connectivity index (χ3n) is 3.44. The first kappa shape index (κ1) is 15.4. The quantitative estimate of drug-likeness (QED) is 0.778. The van der Waals surface area contributed by atoms with Gasteiger partial charge in [-0.25, -0.2) is 22.9 Å². The number of nitrogens with zero attached hydrogens (tertiary/aromatic N) is 1. The number of nitrogens with one attached hydrogen (secondary N) is 1. The van der Waals surface area contributed by atoms with Crippen molar-refractivity contribution in [2.24, 2.45) is 0 Å². The van der Waals surface area contributed by atoms with Gasteiger partial charge in [0.05, 0.1) is 18.2 Å². The zero-order valence-electron chi connectivity index (χ0n) is 11.2. The number of methoxy groups -OCH3 is 2. The average molecular weight is 320 g/mol. The van der Waals surface area contributed by atoms with Gasteiger partial charge in [-0.15, -0.1) is 11.3 Å². The Bertz CT molecular complexity index is 586. The monoisotopic (exact) mass is 320 g/mol. The van der Waals surface area contributed by atoms with Gasteiger partial charge in [0.2, 0.25) is 0 Å². The topological polar surface area (TPSA) is 94.6 Å². The minimum atomic E-state index is -3.80. The summed E-state index contributed by atoms with van der Waals surface area (Å²) < 4.78 is 36.7. The lowest BCUT2D eigenvalue weighted by Crippen LogP contribution is -2.49. The Hall–Kier alpha value is -1.03. The summed E-state index contributed by atoms with van der Waals surface area (Å²) in [6, 6.07) is 0. The van der Waals surface area contributed by atoms with Crippen molar-refractivity contribution in [3.8, 4) is 0 Å². The van der Waals surface area contributed by atoms with Gasteiger partial charge in [-0.1, -0.05) is 0 Å². The number of carbonyl (C=O) groups excluding carboxylic acids is 1. The van der Waals surface area contributed by atoms with E-state index in [2.05, 4.69) is 14.4 Å². The maximum atomic E-state index is 12.2. The molecular formula is C11H16N2O5S2. The van der Waals surface area contributed by atoms with E-state index in [4.69, 9.17) is 4.74 Å². The number of esters is 1. The van der Waals surface area contributed by atoms with Crippen molar-refractivity contribution < 1.29 is 22.7 Å². The number of rotatable bonds is 6. The zero-order valence-corrected chi connectivity index (χ0v) is 12.8. The zero-order chi connectivity index (χ0) is 14.8. The molecule has 20 heavy (non-hydrogen) atoms. The Labute approximate surface area is 121 Å². The summed E-state index contributed by atoms with van der Waals surface area (Å²) in [4.78, 5) is 15.2. The number of aromatic nitrogens is 1. The molecule has 1 heterocycles. The Balaban J connectivity index is 2.15. The lowest BCUT2D eigenvalue weighted by molar-refractivity contribution is -0.0659. The molecule has 0 amide bonds. The molecule has 0 saturated heterocycles. The maximum Gasteiger partial charge on any atom is 0.358 e. The summed E-state index contributed by atoms with van der Waals surface area (Å²) >= 11 is 0.881. The molecule has 0 atom stereocenters. The van der Waals surface area contributed by atoms with Crippen LogP contribution in [0.5, 0.6) is 0 Å². The van der Waals surface area contributed by atoms with E-state index >= 15 is 0 Å². The summed E-state index contributed by atoms with van der Waals surface area (Å²) in [7, 11) is -1.05. The second kappa shape index (κ2) is 5.76. The molecule has 2 rings (SSSR count). The van der Waals surface area contributed by atoms with Gasteiger partial charge in [0.15, 0.2) is 9.90 Å². The maximum absolute atomic E-state index is 12.2. The smallest absolute Gasteiger partial charge is 0.358 e. The highest BCUT2D eigenvalue weighted by Crippen LogP contribution is 2.34. The van der Waals surface area contributed by atoms with Gasteiger partial charge in [-0.3, -0.25) is 0 Å². The highest BCUT2D eigenvalue weighted by atomic mass is 32.2. The summed E-state index contributed by atoms with van der Waals surface area (Å²) in [5, 5.41) is 0. The fourth-order valence-corrected chi connectivity index (χ4v) is 4.26. The van der Waals surface area contributed by atoms with Crippen molar-refractivity contribution in [1.29, 1.82) is 0 Å². The van der Waals surface area contributed by atoms with Crippen molar-refractivity contribution in [3.63, 3.8) is 0 Å². The minimum absolute atomic E-state index is 0.130. The molecular weight excluding hydrogens is 304 g/mol. The predicted molar refractivity (Wildman–Crippen MR) is 72.2 cm³/mol. The summed E-state index contributed by atoms with van der Waals surface area (Å²) in [5.41, 5.74) is 0.685. The highest BCUT2D eigenvalue weighted by Gasteiger charge is 2.38. The van der Waals surface area contributed by atoms with Crippen LogP contribution in [0.25, 0.3) is 0 Å². The number of sulfonamides is 1. The highest BCUT2D eigenvalue weighted by molar-refractivity contribution is 7.91. The lowest BCUT2D eigenvalue weighted by Gasteiger charge is -2.40. The molecule has 0 bridgehead atoms. The molecule has 1 aromatic rings. The number of hydrogen-bond donors (Lipinski definition) is 1. The van der Waals surface area contributed by atoms with Crippen molar-refractivity contribution in [2.75, 3.05) is 20.8 Å². The molecule has 1 fully saturated rings. The molecule has 0 spiro atoms. The van der Waals surface area contributed by atoms with E-state index in [0.717, 1.165) is 30.6 Å². The Morgan fingerprint density at radius 2 is 2.20 bits per heavy atom. The molecule has 1 aliphatic carbocycles. The molecule has 1 N–H and O–H groups in total. The van der Waals surface area contributed by atoms with Crippen molar-refractivity contribution in [2.45, 2.75) is 29.1 Å². The van der Waals surface area contributed by atoms with Gasteiger partial charge in [-0.2, -0.15) is 0 Å². The van der Waals surface area contributed by atoms with Crippen LogP contribution in [0.4, 0.5) is 0 Å². The van der Waals surface area contributed by atoms with Crippen LogP contribution in [0.1, 0.15) is 29.8 Å². The molecule has 0 unspecified atom stereocenters. The predicted octanol–water partition coefficient (Wildman–Crippen LogP) is 0.777. The lowest BCUT2D eigenvalue weighted by atomic mass is 9.80. The van der Waals surface area contributed by atoms with Gasteiger partial charge >= 0.3 is 5.97 Å². The third kappa shape index (κ3) is 2.85. The number of thiazole rings is 1. The number of hydrogen-bond acceptors (Lipinski definition) is 7. The molecule has 9 heteroatoms. The molecule has 0 aliphatic heterocycles. The summed E-state index contributed by atoms with van der Waals surface area (Å²) in [6.45, 7) is 0.185. The van der Waals surface area contributed by atoms with Crippen LogP contribution in [-0.4, -0.2) is 45.7 Å². The number of carbonyl (C=O) groups is 1. The van der Waals surface area contributed by atoms with Crippen LogP contribution in [-0.2, 0) is 19.5 Å². The molecule has 7 nitrogen and oxygen atoms in total. The molecule has 1 aliphatic rings. The Morgan fingerprint density at radius 1 is 1.50 bits per heavy atom. The van der Waals surface area contributed by atoms with Crippen LogP contribution >= 0.6 is 11.3 Å². The number of ether oxygens (including phenoxy) is 2. The first-order valence-electron chi connectivity index (χ1n) is 6.01. The van der Waals surface area contributed by atoms with Gasteiger partial charge in [-0.05, 0) is 19.3 Å². The van der Waals surface area contributed by atoms with Crippen LogP contribution < -0.4 is 4.72 Å². The van der Waals surface area contributed by atoms with Crippen molar-refractivity contribution in [1.82, 2.24) is 9.71 Å². The van der Waals surface area contributed by atoms with Gasteiger partial charge in [0.25, 0.3) is 10.0 Å². The van der Waals surface area contributed by atoms with Gasteiger partial charge < -0.3 is 9.47 Å². The SMILES string of the molecule is COC(=O)c1ncsc1S(=O)(=O)NCC1(OC)CCC1. The van der Waals surface area contributed by atoms with E-state index in [9.17, 15) is 13.2 Å². The summed E-state index contributed by atoms with van der Waals surface area (Å²) in [5.74, 6) is -0.767. The minimum Gasteiger partial charge on any atom is -0.464 e. The molecule has 1 saturated carbocycles. The molecule has 0 aromatic carbocycles. The van der Waals surface area contributed by atoms with E-state index in [1.807, 2.05) is 0 Å². The fourth-order valence-electron chi connectivity index (χ4n) is 1.98. The van der Waals surface area contributed by atoms with Crippen LogP contribution in [0, 0.1) is 0 Å². The first-order valence-corrected chi connectivity index (χ1v) is 8.37. The third-order valence-corrected chi connectivity index (χ3v) is 6.21. The van der Waals surface area contributed by atoms with Gasteiger partial charge in [0.1, 0.15) is 0 Å². The molecule has 1 aromatic heterocycles. The van der Waals surface area contributed by atoms with E-state index in [1.54, 1.807) is 7.11 Å². The Morgan fingerprint density at radius 3 is 2.70 bits per heavy atom. The molecule has 112 valence electrons. The van der Waals surface area contributed by atoms with Crippen LogP contribution in [0.2, 0.25) is 0 Å². The normalized spacial score (nSPS) is 17.5. The van der Waals surface area contributed by atoms with E-state index in [1.165, 1.54) is 12.6 Å². The van der Waals surface area contributed by atoms with Crippen molar-refractivity contribution >= 4 is 27.3 Å². The summed E-state index contributed by atoms with van der Waals surface area (Å²) in [6.07, 6.45) is 2.65. The van der Waals surface area contributed by atoms with Crippen LogP contribution in [0.15, 0.2) is 9.72 Å². The van der Waals surface area contributed by atoms with E-state index < -0.39 is 21.6 Å². The average Bonchev–Trinajstić information content (AvgIpc) is 2.87. The van der Waals surface area contributed by atoms with E-state index in [0.29, 0.717) is 0 Å². The largest absolute Gasteiger partial charge is 0.464 e. The van der Waals surface area contributed by atoms with Crippen molar-refractivity contribution in [3.05, 3.63) is 11.2 Å². The van der Waals surface area contributed by atoms with Gasteiger partial charge in [0, 0.05) is 13.7 Å². The van der Waals surface area contributed by atoms with E-state index in [-0.39, 0.29) is 16.4 Å². The fraction of sp³-hybridized carbons (Fsp3) is 0.636. The van der Waals surface area contributed by atoms with Crippen LogP contribution in [0.3, 0.4) is 0 Å². The second-order valence-corrected chi connectivity index (χ2v) is 7.36. The first-order chi connectivity index (χ1) is 9.44.